The molecule has 2 aliphatic rings. The van der Waals surface area contributed by atoms with E-state index in [0.717, 1.165) is 21.3 Å². The largest absolute Gasteiger partial charge is 0.491 e. The Morgan fingerprint density at radius 3 is 2.68 bits per heavy atom. The maximum Gasteiger partial charge on any atom is 0.411 e. The van der Waals surface area contributed by atoms with Crippen LogP contribution in [0.5, 0.6) is 5.75 Å². The van der Waals surface area contributed by atoms with Crippen molar-refractivity contribution in [1.29, 1.82) is 0 Å². The van der Waals surface area contributed by atoms with Crippen LogP contribution in [-0.2, 0) is 16.1 Å². The van der Waals surface area contributed by atoms with E-state index in [1.165, 1.54) is 0 Å². The number of rotatable bonds is 4. The number of carbonyl (C=O) groups excluding carboxylic acids is 1. The van der Waals surface area contributed by atoms with Crippen LogP contribution in [-0.4, -0.2) is 36.9 Å². The van der Waals surface area contributed by atoms with E-state index >= 15 is 0 Å². The van der Waals surface area contributed by atoms with Gasteiger partial charge in [-0.15, -0.1) is 0 Å². The molecule has 25 heavy (non-hydrogen) atoms. The van der Waals surface area contributed by atoms with Gasteiger partial charge in [0.25, 0.3) is 0 Å². The Labute approximate surface area is 154 Å². The van der Waals surface area contributed by atoms with Gasteiger partial charge in [0.05, 0.1) is 25.3 Å². The number of nitrogens with zero attached hydrogens (tertiary/aromatic N) is 1. The minimum atomic E-state index is -0.332. The molecule has 0 aliphatic carbocycles. The normalized spacial score (nSPS) is 18.8. The van der Waals surface area contributed by atoms with E-state index in [-0.39, 0.29) is 24.8 Å². The fourth-order valence-electron chi connectivity index (χ4n) is 3.11. The van der Waals surface area contributed by atoms with Crippen LogP contribution in [0.2, 0.25) is 0 Å². The Morgan fingerprint density at radius 2 is 1.96 bits per heavy atom. The van der Waals surface area contributed by atoms with Crippen molar-refractivity contribution >= 4 is 22.0 Å². The van der Waals surface area contributed by atoms with E-state index in [4.69, 9.17) is 14.2 Å². The molecule has 0 spiro atoms. The molecule has 4 rings (SSSR count). The summed E-state index contributed by atoms with van der Waals surface area (Å²) in [5, 5.41) is 0. The molecule has 0 aromatic heterocycles. The van der Waals surface area contributed by atoms with Crippen LogP contribution in [0.25, 0.3) is 0 Å². The highest BCUT2D eigenvalue weighted by Crippen LogP contribution is 2.39. The lowest BCUT2D eigenvalue weighted by molar-refractivity contribution is -0.0758. The van der Waals surface area contributed by atoms with E-state index in [1.54, 1.807) is 4.90 Å². The zero-order valence-electron chi connectivity index (χ0n) is 13.6. The molecule has 2 aliphatic heterocycles. The standard InChI is InChI=1S/C19H18BrNO4/c20-14-6-7-16-17(12-24-18(16)8-14)21(15-10-23-11-15)19(22)25-9-13-4-2-1-3-5-13/h1-8,15,17H,9-12H2/t17-/m0/s1. The molecule has 0 radical (unpaired) electrons. The zero-order chi connectivity index (χ0) is 17.2. The Balaban J connectivity index is 1.52. The number of benzene rings is 2. The summed E-state index contributed by atoms with van der Waals surface area (Å²) in [6, 6.07) is 15.4. The van der Waals surface area contributed by atoms with Gasteiger partial charge in [-0.2, -0.15) is 0 Å². The van der Waals surface area contributed by atoms with Gasteiger partial charge in [0.15, 0.2) is 0 Å². The second-order valence-corrected chi connectivity index (χ2v) is 7.06. The summed E-state index contributed by atoms with van der Waals surface area (Å²) in [6.45, 7) is 1.75. The lowest BCUT2D eigenvalue weighted by atomic mass is 10.0. The Morgan fingerprint density at radius 1 is 1.16 bits per heavy atom. The fraction of sp³-hybridized carbons (Fsp3) is 0.316. The molecule has 0 unspecified atom stereocenters. The first-order valence-corrected chi connectivity index (χ1v) is 9.00. The lowest BCUT2D eigenvalue weighted by Crippen LogP contribution is -2.53. The second kappa shape index (κ2) is 7.06. The Kier molecular flexibility index (Phi) is 4.63. The molecule has 0 N–H and O–H groups in total. The molecule has 1 amide bonds. The molecule has 2 aromatic rings. The summed E-state index contributed by atoms with van der Waals surface area (Å²) in [6.07, 6.45) is -0.332. The van der Waals surface area contributed by atoms with Crippen molar-refractivity contribution in [2.45, 2.75) is 18.7 Å². The molecule has 6 heteroatoms. The van der Waals surface area contributed by atoms with Gasteiger partial charge in [0, 0.05) is 10.0 Å². The third kappa shape index (κ3) is 3.37. The predicted molar refractivity (Wildman–Crippen MR) is 95.5 cm³/mol. The van der Waals surface area contributed by atoms with Gasteiger partial charge in [-0.1, -0.05) is 52.3 Å². The van der Waals surface area contributed by atoms with Crippen LogP contribution >= 0.6 is 15.9 Å². The van der Waals surface area contributed by atoms with Gasteiger partial charge >= 0.3 is 6.09 Å². The first-order valence-electron chi connectivity index (χ1n) is 8.21. The predicted octanol–water partition coefficient (Wildman–Crippen LogP) is 3.92. The highest BCUT2D eigenvalue weighted by molar-refractivity contribution is 9.10. The van der Waals surface area contributed by atoms with Gasteiger partial charge in [-0.05, 0) is 17.7 Å². The fourth-order valence-corrected chi connectivity index (χ4v) is 3.45. The van der Waals surface area contributed by atoms with Crippen LogP contribution in [0, 0.1) is 0 Å². The number of halogens is 1. The molecule has 1 atom stereocenters. The van der Waals surface area contributed by atoms with E-state index in [2.05, 4.69) is 15.9 Å². The van der Waals surface area contributed by atoms with Crippen LogP contribution in [0.4, 0.5) is 4.79 Å². The molecule has 0 bridgehead atoms. The average Bonchev–Trinajstić information content (AvgIpc) is 2.99. The van der Waals surface area contributed by atoms with Gasteiger partial charge in [-0.25, -0.2) is 4.79 Å². The minimum absolute atomic E-state index is 0.0199. The SMILES string of the molecule is O=C(OCc1ccccc1)N(C1COC1)[C@H]1COc2cc(Br)ccc21. The molecule has 5 nitrogen and oxygen atoms in total. The quantitative estimate of drug-likeness (QED) is 0.775. The third-order valence-corrected chi connectivity index (χ3v) is 4.99. The van der Waals surface area contributed by atoms with Crippen molar-refractivity contribution in [3.05, 3.63) is 64.1 Å². The minimum Gasteiger partial charge on any atom is -0.491 e. The third-order valence-electron chi connectivity index (χ3n) is 4.50. The van der Waals surface area contributed by atoms with Gasteiger partial charge < -0.3 is 14.2 Å². The van der Waals surface area contributed by atoms with Gasteiger partial charge in [0.1, 0.15) is 19.0 Å². The van der Waals surface area contributed by atoms with Crippen molar-refractivity contribution < 1.29 is 19.0 Å². The van der Waals surface area contributed by atoms with Crippen LogP contribution in [0.15, 0.2) is 53.0 Å². The van der Waals surface area contributed by atoms with Crippen molar-refractivity contribution in [3.8, 4) is 5.75 Å². The monoisotopic (exact) mass is 403 g/mol. The summed E-state index contributed by atoms with van der Waals surface area (Å²) in [5.41, 5.74) is 1.97. The van der Waals surface area contributed by atoms with E-state index in [0.29, 0.717) is 19.8 Å². The molecule has 130 valence electrons. The molecule has 2 heterocycles. The highest BCUT2D eigenvalue weighted by Gasteiger charge is 2.40. The smallest absolute Gasteiger partial charge is 0.411 e. The number of ether oxygens (including phenoxy) is 3. The molecule has 0 saturated carbocycles. The molecule has 2 aromatic carbocycles. The lowest BCUT2D eigenvalue weighted by Gasteiger charge is -2.39. The van der Waals surface area contributed by atoms with Crippen LogP contribution in [0.3, 0.4) is 0 Å². The Hall–Kier alpha value is -2.05. The highest BCUT2D eigenvalue weighted by atomic mass is 79.9. The first-order chi connectivity index (χ1) is 12.2. The van der Waals surface area contributed by atoms with Crippen molar-refractivity contribution in [1.82, 2.24) is 4.90 Å². The summed E-state index contributed by atoms with van der Waals surface area (Å²) < 4.78 is 17.6. The van der Waals surface area contributed by atoms with E-state index in [9.17, 15) is 4.79 Å². The van der Waals surface area contributed by atoms with Crippen molar-refractivity contribution in [3.63, 3.8) is 0 Å². The Bertz CT molecular complexity index is 763. The summed E-state index contributed by atoms with van der Waals surface area (Å²) in [7, 11) is 0. The second-order valence-electron chi connectivity index (χ2n) is 6.15. The maximum atomic E-state index is 12.8. The average molecular weight is 404 g/mol. The van der Waals surface area contributed by atoms with E-state index in [1.807, 2.05) is 48.5 Å². The van der Waals surface area contributed by atoms with Crippen LogP contribution < -0.4 is 4.74 Å². The molecule has 1 fully saturated rings. The van der Waals surface area contributed by atoms with E-state index < -0.39 is 0 Å². The summed E-state index contributed by atoms with van der Waals surface area (Å²) in [5.74, 6) is 0.806. The molecule has 1 saturated heterocycles. The number of fused-ring (bicyclic) bond motifs is 1. The van der Waals surface area contributed by atoms with Crippen molar-refractivity contribution in [2.75, 3.05) is 19.8 Å². The maximum absolute atomic E-state index is 12.8. The summed E-state index contributed by atoms with van der Waals surface area (Å²) >= 11 is 3.45. The number of carbonyl (C=O) groups is 1. The number of hydrogen-bond acceptors (Lipinski definition) is 4. The number of amides is 1. The van der Waals surface area contributed by atoms with Gasteiger partial charge in [0.2, 0.25) is 0 Å². The van der Waals surface area contributed by atoms with Crippen molar-refractivity contribution in [2.24, 2.45) is 0 Å². The molecular weight excluding hydrogens is 386 g/mol. The first kappa shape index (κ1) is 16.4. The number of hydrogen-bond donors (Lipinski definition) is 0. The summed E-state index contributed by atoms with van der Waals surface area (Å²) in [4.78, 5) is 14.6. The van der Waals surface area contributed by atoms with Crippen LogP contribution in [0.1, 0.15) is 17.2 Å². The zero-order valence-corrected chi connectivity index (χ0v) is 15.1. The molecular formula is C19H18BrNO4. The topological polar surface area (TPSA) is 48.0 Å². The van der Waals surface area contributed by atoms with Gasteiger partial charge in [-0.3, -0.25) is 4.90 Å².